The fourth-order valence-corrected chi connectivity index (χ4v) is 1.37. The molecule has 92 valence electrons. The number of amides is 1. The zero-order chi connectivity index (χ0) is 12.7. The van der Waals surface area contributed by atoms with E-state index in [-0.39, 0.29) is 24.8 Å². The van der Waals surface area contributed by atoms with Gasteiger partial charge in [0, 0.05) is 10.6 Å². The van der Waals surface area contributed by atoms with E-state index in [9.17, 15) is 9.59 Å². The number of hydrogen-bond donors (Lipinski definition) is 1. The van der Waals surface area contributed by atoms with Crippen LogP contribution in [0.15, 0.2) is 24.3 Å². The normalized spacial score (nSPS) is 9.76. The average molecular weight is 276 g/mol. The van der Waals surface area contributed by atoms with Crippen molar-refractivity contribution in [2.45, 2.75) is 0 Å². The van der Waals surface area contributed by atoms with Crippen LogP contribution in [-0.4, -0.2) is 30.9 Å². The van der Waals surface area contributed by atoms with Gasteiger partial charge in [0.25, 0.3) is 0 Å². The number of ketones is 1. The van der Waals surface area contributed by atoms with Crippen molar-refractivity contribution >= 4 is 35.1 Å². The quantitative estimate of drug-likeness (QED) is 0.664. The maximum absolute atomic E-state index is 11.6. The highest BCUT2D eigenvalue weighted by atomic mass is 35.5. The Morgan fingerprint density at radius 2 is 2.12 bits per heavy atom. The molecule has 1 amide bonds. The van der Waals surface area contributed by atoms with Gasteiger partial charge >= 0.3 is 6.09 Å². The van der Waals surface area contributed by atoms with E-state index < -0.39 is 6.09 Å². The molecular weight excluding hydrogens is 265 g/mol. The van der Waals surface area contributed by atoms with Crippen LogP contribution in [0.4, 0.5) is 4.79 Å². The molecule has 0 radical (unpaired) electrons. The zero-order valence-electron chi connectivity index (χ0n) is 8.91. The van der Waals surface area contributed by atoms with Crippen molar-refractivity contribution in [1.29, 1.82) is 0 Å². The molecule has 0 aliphatic heterocycles. The highest BCUT2D eigenvalue weighted by molar-refractivity contribution is 6.31. The van der Waals surface area contributed by atoms with Gasteiger partial charge in [0.05, 0.1) is 12.4 Å². The van der Waals surface area contributed by atoms with Gasteiger partial charge in [0.1, 0.15) is 6.61 Å². The van der Waals surface area contributed by atoms with Crippen LogP contribution in [0.25, 0.3) is 0 Å². The standard InChI is InChI=1S/C11H11Cl2NO3/c12-4-5-17-11(16)14-7-10(15)8-2-1-3-9(13)6-8/h1-3,6H,4-5,7H2,(H,14,16). The molecule has 1 N–H and O–H groups in total. The number of alkyl halides is 1. The molecule has 0 fully saturated rings. The first kappa shape index (κ1) is 13.8. The lowest BCUT2D eigenvalue weighted by Gasteiger charge is -2.05. The molecule has 0 saturated heterocycles. The molecular formula is C11H11Cl2NO3. The third-order valence-electron chi connectivity index (χ3n) is 1.85. The average Bonchev–Trinajstić information content (AvgIpc) is 2.33. The second-order valence-electron chi connectivity index (χ2n) is 3.11. The SMILES string of the molecule is O=C(NCC(=O)c1cccc(Cl)c1)OCCCl. The summed E-state index contributed by atoms with van der Waals surface area (Å²) in [6.07, 6.45) is -0.666. The molecule has 4 nitrogen and oxygen atoms in total. The Balaban J connectivity index is 2.42. The molecule has 0 bridgehead atoms. The largest absolute Gasteiger partial charge is 0.448 e. The van der Waals surface area contributed by atoms with Gasteiger partial charge in [-0.15, -0.1) is 11.6 Å². The molecule has 17 heavy (non-hydrogen) atoms. The Morgan fingerprint density at radius 1 is 1.35 bits per heavy atom. The Bertz CT molecular complexity index is 409. The smallest absolute Gasteiger partial charge is 0.407 e. The fraction of sp³-hybridized carbons (Fsp3) is 0.273. The van der Waals surface area contributed by atoms with E-state index in [4.69, 9.17) is 23.2 Å². The van der Waals surface area contributed by atoms with Crippen LogP contribution in [0.3, 0.4) is 0 Å². The monoisotopic (exact) mass is 275 g/mol. The molecule has 6 heteroatoms. The Hall–Kier alpha value is -1.26. The second-order valence-corrected chi connectivity index (χ2v) is 3.93. The van der Waals surface area contributed by atoms with Crippen molar-refractivity contribution in [2.75, 3.05) is 19.0 Å². The second kappa shape index (κ2) is 7.14. The summed E-state index contributed by atoms with van der Waals surface area (Å²) in [5.74, 6) is -0.0225. The number of halogens is 2. The number of benzene rings is 1. The predicted octanol–water partition coefficient (Wildman–Crippen LogP) is 2.49. The summed E-state index contributed by atoms with van der Waals surface area (Å²) in [4.78, 5) is 22.7. The topological polar surface area (TPSA) is 55.4 Å². The van der Waals surface area contributed by atoms with Crippen molar-refractivity contribution in [2.24, 2.45) is 0 Å². The summed E-state index contributed by atoms with van der Waals surface area (Å²) in [6, 6.07) is 6.50. The van der Waals surface area contributed by atoms with E-state index >= 15 is 0 Å². The lowest BCUT2D eigenvalue weighted by atomic mass is 10.1. The van der Waals surface area contributed by atoms with Crippen molar-refractivity contribution in [3.63, 3.8) is 0 Å². The third kappa shape index (κ3) is 5.06. The highest BCUT2D eigenvalue weighted by Crippen LogP contribution is 2.10. The maximum Gasteiger partial charge on any atom is 0.407 e. The molecule has 0 aliphatic carbocycles. The van der Waals surface area contributed by atoms with Crippen molar-refractivity contribution in [3.05, 3.63) is 34.9 Å². The molecule has 0 heterocycles. The molecule has 0 aliphatic rings. The predicted molar refractivity (Wildman–Crippen MR) is 65.9 cm³/mol. The van der Waals surface area contributed by atoms with E-state index in [1.165, 1.54) is 6.07 Å². The Kier molecular flexibility index (Phi) is 5.80. The number of ether oxygens (including phenoxy) is 1. The minimum absolute atomic E-state index is 0.110. The van der Waals surface area contributed by atoms with E-state index in [2.05, 4.69) is 10.1 Å². The number of carbonyl (C=O) groups is 2. The van der Waals surface area contributed by atoms with Crippen molar-refractivity contribution in [1.82, 2.24) is 5.32 Å². The minimum atomic E-state index is -0.666. The van der Waals surface area contributed by atoms with Gasteiger partial charge in [-0.25, -0.2) is 4.79 Å². The molecule has 1 aromatic rings. The lowest BCUT2D eigenvalue weighted by molar-refractivity contribution is 0.0979. The summed E-state index contributed by atoms with van der Waals surface area (Å²) in [7, 11) is 0. The van der Waals surface area contributed by atoms with Gasteiger partial charge in [-0.1, -0.05) is 23.7 Å². The summed E-state index contributed by atoms with van der Waals surface area (Å²) >= 11 is 11.1. The highest BCUT2D eigenvalue weighted by Gasteiger charge is 2.08. The minimum Gasteiger partial charge on any atom is -0.448 e. The third-order valence-corrected chi connectivity index (χ3v) is 2.24. The summed E-state index contributed by atoms with van der Waals surface area (Å²) in [6.45, 7) is -0.0276. The summed E-state index contributed by atoms with van der Waals surface area (Å²) in [5.41, 5.74) is 0.440. The molecule has 0 atom stereocenters. The summed E-state index contributed by atoms with van der Waals surface area (Å²) in [5, 5.41) is 2.80. The van der Waals surface area contributed by atoms with Crippen LogP contribution < -0.4 is 5.32 Å². The van der Waals surface area contributed by atoms with E-state index in [1.807, 2.05) is 0 Å². The van der Waals surface area contributed by atoms with Crippen molar-refractivity contribution < 1.29 is 14.3 Å². The Labute approximate surface area is 109 Å². The fourth-order valence-electron chi connectivity index (χ4n) is 1.10. The van der Waals surface area contributed by atoms with Crippen LogP contribution in [0.2, 0.25) is 5.02 Å². The number of alkyl carbamates (subject to hydrolysis) is 1. The number of carbonyl (C=O) groups excluding carboxylic acids is 2. The zero-order valence-corrected chi connectivity index (χ0v) is 10.4. The molecule has 0 saturated carbocycles. The van der Waals surface area contributed by atoms with Crippen LogP contribution in [0.5, 0.6) is 0 Å². The molecule has 1 rings (SSSR count). The maximum atomic E-state index is 11.6. The van der Waals surface area contributed by atoms with Gasteiger partial charge < -0.3 is 10.1 Å². The lowest BCUT2D eigenvalue weighted by Crippen LogP contribution is -2.30. The van der Waals surface area contributed by atoms with Gasteiger partial charge in [0.15, 0.2) is 5.78 Å². The number of hydrogen-bond acceptors (Lipinski definition) is 3. The molecule has 0 spiro atoms. The number of nitrogens with one attached hydrogen (secondary N) is 1. The molecule has 0 unspecified atom stereocenters. The number of rotatable bonds is 5. The van der Waals surface area contributed by atoms with E-state index in [0.29, 0.717) is 10.6 Å². The molecule has 0 aromatic heterocycles. The first-order valence-corrected chi connectivity index (χ1v) is 5.80. The summed E-state index contributed by atoms with van der Waals surface area (Å²) < 4.78 is 4.64. The van der Waals surface area contributed by atoms with Gasteiger partial charge in [-0.3, -0.25) is 4.79 Å². The number of Topliss-reactive ketones (excluding diaryl/α,β-unsaturated/α-hetero) is 1. The molecule has 1 aromatic carbocycles. The van der Waals surface area contributed by atoms with Gasteiger partial charge in [-0.05, 0) is 12.1 Å². The van der Waals surface area contributed by atoms with E-state index in [1.54, 1.807) is 18.2 Å². The van der Waals surface area contributed by atoms with Gasteiger partial charge in [0.2, 0.25) is 0 Å². The van der Waals surface area contributed by atoms with Crippen molar-refractivity contribution in [3.8, 4) is 0 Å². The van der Waals surface area contributed by atoms with E-state index in [0.717, 1.165) is 0 Å². The van der Waals surface area contributed by atoms with Gasteiger partial charge in [-0.2, -0.15) is 0 Å². The van der Waals surface area contributed by atoms with Crippen LogP contribution in [-0.2, 0) is 4.74 Å². The first-order chi connectivity index (χ1) is 8.13. The Morgan fingerprint density at radius 3 is 2.76 bits per heavy atom. The van der Waals surface area contributed by atoms with Crippen LogP contribution in [0.1, 0.15) is 10.4 Å². The van der Waals surface area contributed by atoms with Crippen LogP contribution in [0, 0.1) is 0 Å². The van der Waals surface area contributed by atoms with Crippen LogP contribution >= 0.6 is 23.2 Å². The first-order valence-electron chi connectivity index (χ1n) is 4.89.